The van der Waals surface area contributed by atoms with Crippen molar-refractivity contribution in [2.24, 2.45) is 11.7 Å². The normalized spacial score (nSPS) is 25.0. The van der Waals surface area contributed by atoms with Gasteiger partial charge < -0.3 is 26.4 Å². The van der Waals surface area contributed by atoms with Gasteiger partial charge in [0.15, 0.2) is 17.7 Å². The van der Waals surface area contributed by atoms with Crippen LogP contribution in [0.5, 0.6) is 0 Å². The van der Waals surface area contributed by atoms with E-state index in [2.05, 4.69) is 20.9 Å². The number of aromatic nitrogens is 4. The number of terminal acetylenes is 1. The molecule has 180 valence electrons. The highest BCUT2D eigenvalue weighted by molar-refractivity contribution is 7.85. The van der Waals surface area contributed by atoms with E-state index >= 15 is 0 Å². The van der Waals surface area contributed by atoms with Crippen molar-refractivity contribution in [2.45, 2.75) is 50.8 Å². The topological polar surface area (TPSA) is 218 Å². The molecule has 1 unspecified atom stereocenters. The molecule has 1 fully saturated rings. The predicted molar refractivity (Wildman–Crippen MR) is 114 cm³/mol. The SMILES string of the molecule is C#Cc1nc(N)c2ncn(C3O[C@H](COS(=O)(=O)NC(=O)[C@@H](N)[C@@H](C)CC)[C@@H](O)[C@H]3O)c2n1. The number of nitrogens with zero attached hydrogens (tertiary/aromatic N) is 4. The molecule has 0 bridgehead atoms. The Morgan fingerprint density at radius 1 is 1.42 bits per heavy atom. The van der Waals surface area contributed by atoms with Crippen molar-refractivity contribution < 1.29 is 32.3 Å². The molecular formula is C18H25N7O7S. The molecule has 2 aromatic heterocycles. The number of rotatable bonds is 8. The number of hydrogen-bond donors (Lipinski definition) is 5. The molecule has 3 heterocycles. The number of anilines is 1. The summed E-state index contributed by atoms with van der Waals surface area (Å²) >= 11 is 0. The quantitative estimate of drug-likeness (QED) is 0.252. The average Bonchev–Trinajstić information content (AvgIpc) is 3.32. The minimum atomic E-state index is -4.55. The molecule has 0 aliphatic carbocycles. The van der Waals surface area contributed by atoms with Crippen LogP contribution in [0.25, 0.3) is 11.2 Å². The number of amides is 1. The Bertz CT molecular complexity index is 1180. The van der Waals surface area contributed by atoms with Crippen LogP contribution < -0.4 is 16.2 Å². The molecular weight excluding hydrogens is 458 g/mol. The fourth-order valence-corrected chi connectivity index (χ4v) is 3.93. The second-order valence-electron chi connectivity index (χ2n) is 7.56. The molecule has 6 atom stereocenters. The molecule has 0 radical (unpaired) electrons. The van der Waals surface area contributed by atoms with Crippen LogP contribution in [-0.4, -0.2) is 75.0 Å². The first kappa shape index (κ1) is 24.8. The van der Waals surface area contributed by atoms with Crippen LogP contribution in [-0.2, 0) is 24.0 Å². The van der Waals surface area contributed by atoms with E-state index in [1.807, 2.05) is 0 Å². The Morgan fingerprint density at radius 2 is 2.12 bits per heavy atom. The number of nitrogens with two attached hydrogens (primary N) is 2. The second-order valence-corrected chi connectivity index (χ2v) is 8.91. The Morgan fingerprint density at radius 3 is 2.76 bits per heavy atom. The zero-order valence-electron chi connectivity index (χ0n) is 17.8. The summed E-state index contributed by atoms with van der Waals surface area (Å²) in [7, 11) is -4.55. The molecule has 1 saturated heterocycles. The fourth-order valence-electron chi connectivity index (χ4n) is 3.18. The lowest BCUT2D eigenvalue weighted by Crippen LogP contribution is -2.47. The number of nitrogens with one attached hydrogen (secondary N) is 1. The lowest BCUT2D eigenvalue weighted by atomic mass is 10.00. The number of aliphatic hydroxyl groups excluding tert-OH is 2. The third-order valence-electron chi connectivity index (χ3n) is 5.36. The number of nitrogen functional groups attached to an aromatic ring is 1. The molecule has 14 nitrogen and oxygen atoms in total. The minimum absolute atomic E-state index is 0.0112. The van der Waals surface area contributed by atoms with Crippen molar-refractivity contribution in [2.75, 3.05) is 12.3 Å². The molecule has 15 heteroatoms. The highest BCUT2D eigenvalue weighted by Gasteiger charge is 2.45. The molecule has 0 aromatic carbocycles. The standard InChI is InChI=1S/C18H25N7O7S/c1-4-8(3)11(19)17(28)24-33(29,30)31-6-9-13(26)14(27)18(32-9)25-7-21-12-15(20)22-10(5-2)23-16(12)25/h2,7-9,11,13-14,18,26-27H,4,6,19H2,1,3H3,(H,24,28)(H2,20,22,23)/t8-,9+,11-,13+,14+,18?/m0/s1. The van der Waals surface area contributed by atoms with E-state index in [9.17, 15) is 23.4 Å². The van der Waals surface area contributed by atoms with Gasteiger partial charge in [-0.3, -0.25) is 13.5 Å². The van der Waals surface area contributed by atoms with Crippen LogP contribution in [0, 0.1) is 18.3 Å². The first-order valence-corrected chi connectivity index (χ1v) is 11.3. The van der Waals surface area contributed by atoms with Crippen molar-refractivity contribution in [1.82, 2.24) is 24.2 Å². The van der Waals surface area contributed by atoms with Gasteiger partial charge >= 0.3 is 10.3 Å². The van der Waals surface area contributed by atoms with Crippen LogP contribution in [0.2, 0.25) is 0 Å². The van der Waals surface area contributed by atoms with Gasteiger partial charge in [0.1, 0.15) is 23.8 Å². The number of imidazole rings is 1. The van der Waals surface area contributed by atoms with E-state index in [1.165, 1.54) is 10.9 Å². The summed E-state index contributed by atoms with van der Waals surface area (Å²) < 4.78 is 37.6. The number of hydrogen-bond acceptors (Lipinski definition) is 12. The molecule has 0 saturated carbocycles. The molecule has 1 aliphatic rings. The van der Waals surface area contributed by atoms with Gasteiger partial charge in [-0.15, -0.1) is 6.42 Å². The van der Waals surface area contributed by atoms with Crippen LogP contribution in [0.15, 0.2) is 6.33 Å². The number of carbonyl (C=O) groups is 1. The summed E-state index contributed by atoms with van der Waals surface area (Å²) in [5.74, 6) is 1.05. The van der Waals surface area contributed by atoms with Gasteiger partial charge in [0.2, 0.25) is 5.82 Å². The predicted octanol–water partition coefficient (Wildman–Crippen LogP) is -2.24. The minimum Gasteiger partial charge on any atom is -0.387 e. The maximum Gasteiger partial charge on any atom is 0.362 e. The summed E-state index contributed by atoms with van der Waals surface area (Å²) in [5.41, 5.74) is 11.9. The number of fused-ring (bicyclic) bond motifs is 1. The van der Waals surface area contributed by atoms with E-state index in [0.29, 0.717) is 6.42 Å². The van der Waals surface area contributed by atoms with Gasteiger partial charge in [-0.25, -0.2) is 19.7 Å². The first-order valence-electron chi connectivity index (χ1n) is 9.93. The highest BCUT2D eigenvalue weighted by Crippen LogP contribution is 2.32. The Labute approximate surface area is 189 Å². The van der Waals surface area contributed by atoms with Crippen molar-refractivity contribution in [3.8, 4) is 12.3 Å². The smallest absolute Gasteiger partial charge is 0.362 e. The largest absolute Gasteiger partial charge is 0.387 e. The molecule has 33 heavy (non-hydrogen) atoms. The van der Waals surface area contributed by atoms with E-state index in [1.54, 1.807) is 18.6 Å². The zero-order valence-corrected chi connectivity index (χ0v) is 18.6. The summed E-state index contributed by atoms with van der Waals surface area (Å²) in [4.78, 5) is 24.1. The Kier molecular flexibility index (Phi) is 7.17. The lowest BCUT2D eigenvalue weighted by molar-refractivity contribution is -0.121. The van der Waals surface area contributed by atoms with Crippen LogP contribution in [0.1, 0.15) is 32.3 Å². The van der Waals surface area contributed by atoms with E-state index < -0.39 is 53.4 Å². The Hall–Kier alpha value is -2.87. The van der Waals surface area contributed by atoms with Gasteiger partial charge in [0.05, 0.1) is 19.0 Å². The maximum absolute atomic E-state index is 12.1. The number of carbonyl (C=O) groups excluding carboxylic acids is 1. The van der Waals surface area contributed by atoms with Crippen molar-refractivity contribution in [1.29, 1.82) is 0 Å². The van der Waals surface area contributed by atoms with Gasteiger partial charge in [-0.05, 0) is 11.8 Å². The van der Waals surface area contributed by atoms with E-state index in [4.69, 9.17) is 26.8 Å². The van der Waals surface area contributed by atoms with Crippen molar-refractivity contribution in [3.05, 3.63) is 12.2 Å². The third kappa shape index (κ3) is 5.05. The average molecular weight is 484 g/mol. The molecule has 1 amide bonds. The third-order valence-corrected chi connectivity index (χ3v) is 6.26. The number of aliphatic hydroxyl groups is 2. The van der Waals surface area contributed by atoms with E-state index in [-0.39, 0.29) is 28.7 Å². The van der Waals surface area contributed by atoms with E-state index in [0.717, 1.165) is 0 Å². The molecule has 1 aliphatic heterocycles. The van der Waals surface area contributed by atoms with Gasteiger partial charge in [-0.2, -0.15) is 8.42 Å². The second kappa shape index (κ2) is 9.55. The maximum atomic E-state index is 12.1. The Balaban J connectivity index is 1.72. The summed E-state index contributed by atoms with van der Waals surface area (Å²) in [6, 6.07) is -1.05. The summed E-state index contributed by atoms with van der Waals surface area (Å²) in [6.45, 7) is 2.81. The van der Waals surface area contributed by atoms with Gasteiger partial charge in [0.25, 0.3) is 5.91 Å². The molecule has 2 aromatic rings. The molecule has 7 N–H and O–H groups in total. The van der Waals surface area contributed by atoms with Crippen LogP contribution in [0.4, 0.5) is 5.82 Å². The van der Waals surface area contributed by atoms with Gasteiger partial charge in [0, 0.05) is 0 Å². The first-order chi connectivity index (χ1) is 15.5. The number of ether oxygens (including phenoxy) is 1. The zero-order chi connectivity index (χ0) is 24.5. The van der Waals surface area contributed by atoms with Crippen LogP contribution >= 0.6 is 0 Å². The van der Waals surface area contributed by atoms with Crippen molar-refractivity contribution >= 4 is 33.2 Å². The molecule has 0 spiro atoms. The fraction of sp³-hybridized carbons (Fsp3) is 0.556. The molecule has 3 rings (SSSR count). The highest BCUT2D eigenvalue weighted by atomic mass is 32.2. The van der Waals surface area contributed by atoms with Crippen molar-refractivity contribution in [3.63, 3.8) is 0 Å². The summed E-state index contributed by atoms with van der Waals surface area (Å²) in [6.07, 6.45) is 1.62. The summed E-state index contributed by atoms with van der Waals surface area (Å²) in [5, 5.41) is 20.8. The van der Waals surface area contributed by atoms with Gasteiger partial charge in [-0.1, -0.05) is 20.3 Å². The monoisotopic (exact) mass is 483 g/mol. The van der Waals surface area contributed by atoms with Crippen LogP contribution in [0.3, 0.4) is 0 Å². The lowest BCUT2D eigenvalue weighted by Gasteiger charge is -2.18.